The number of carbonyl (C=O) groups is 2. The third-order valence-electron chi connectivity index (χ3n) is 3.50. The molecule has 0 heterocycles. The van der Waals surface area contributed by atoms with Crippen LogP contribution in [0.1, 0.15) is 25.8 Å². The number of alkyl halides is 6. The lowest BCUT2D eigenvalue weighted by atomic mass is 10.1. The van der Waals surface area contributed by atoms with E-state index in [9.17, 15) is 35.9 Å². The molecular formula is C16H18F6N2O4. The van der Waals surface area contributed by atoms with Crippen LogP contribution >= 0.6 is 0 Å². The van der Waals surface area contributed by atoms with Gasteiger partial charge < -0.3 is 20.1 Å². The van der Waals surface area contributed by atoms with Crippen molar-refractivity contribution in [3.8, 4) is 5.75 Å². The summed E-state index contributed by atoms with van der Waals surface area (Å²) in [6.45, 7) is 1.98. The van der Waals surface area contributed by atoms with Crippen LogP contribution in [-0.2, 0) is 20.5 Å². The largest absolute Gasteiger partial charge is 0.495 e. The second-order valence-electron chi connectivity index (χ2n) is 5.41. The Morgan fingerprint density at radius 2 is 1.68 bits per heavy atom. The molecule has 158 valence electrons. The van der Waals surface area contributed by atoms with Crippen LogP contribution in [0.25, 0.3) is 0 Å². The van der Waals surface area contributed by atoms with Gasteiger partial charge in [0.05, 0.1) is 25.0 Å². The molecule has 0 bridgehead atoms. The highest BCUT2D eigenvalue weighted by Crippen LogP contribution is 2.39. The van der Waals surface area contributed by atoms with Crippen molar-refractivity contribution in [2.75, 3.05) is 19.0 Å². The number of rotatable bonds is 7. The van der Waals surface area contributed by atoms with Gasteiger partial charge in [-0.2, -0.15) is 26.3 Å². The van der Waals surface area contributed by atoms with Crippen LogP contribution in [0.4, 0.5) is 32.0 Å². The van der Waals surface area contributed by atoms with Gasteiger partial charge in [0.1, 0.15) is 5.75 Å². The monoisotopic (exact) mass is 416 g/mol. The topological polar surface area (TPSA) is 76.7 Å². The quantitative estimate of drug-likeness (QED) is 0.405. The lowest BCUT2D eigenvalue weighted by Crippen LogP contribution is -2.69. The van der Waals surface area contributed by atoms with Crippen molar-refractivity contribution >= 4 is 17.6 Å². The summed E-state index contributed by atoms with van der Waals surface area (Å²) in [6, 6.07) is 1.70. The summed E-state index contributed by atoms with van der Waals surface area (Å²) < 4.78 is 89.7. The van der Waals surface area contributed by atoms with E-state index >= 15 is 0 Å². The maximum absolute atomic E-state index is 13.9. The molecule has 0 aliphatic rings. The fraction of sp³-hybridized carbons (Fsp3) is 0.500. The van der Waals surface area contributed by atoms with Crippen LogP contribution in [0, 0.1) is 0 Å². The number of amides is 1. The Kier molecular flexibility index (Phi) is 7.15. The third-order valence-corrected chi connectivity index (χ3v) is 3.50. The van der Waals surface area contributed by atoms with E-state index in [4.69, 9.17) is 4.74 Å². The zero-order chi connectivity index (χ0) is 21.8. The number of carbonyl (C=O) groups excluding carboxylic acids is 2. The maximum Gasteiger partial charge on any atom is 0.441 e. The molecule has 28 heavy (non-hydrogen) atoms. The van der Waals surface area contributed by atoms with Crippen molar-refractivity contribution in [3.63, 3.8) is 0 Å². The lowest BCUT2D eigenvalue weighted by Gasteiger charge is -2.35. The van der Waals surface area contributed by atoms with Crippen LogP contribution in [0.2, 0.25) is 0 Å². The molecule has 0 unspecified atom stereocenters. The average Bonchev–Trinajstić information content (AvgIpc) is 2.59. The molecule has 1 atom stereocenters. The minimum absolute atomic E-state index is 0.330. The zero-order valence-corrected chi connectivity index (χ0v) is 15.0. The minimum atomic E-state index is -5.47. The van der Waals surface area contributed by atoms with E-state index in [2.05, 4.69) is 4.74 Å². The standard InChI is InChI=1S/C16H18F6N2O4/c1-4-12(25)24-14(16(20,21)22,13(26)28-5-2)23-10-8-9(15(17,18)19)6-7-11(10)27-3/h6-8,23H,4-5H2,1-3H3,(H,24,25)/t14-/m0/s1. The molecule has 0 saturated carbocycles. The summed E-state index contributed by atoms with van der Waals surface area (Å²) in [5.74, 6) is -3.55. The Labute approximate surface area is 156 Å². The van der Waals surface area contributed by atoms with E-state index in [-0.39, 0.29) is 0 Å². The number of benzene rings is 1. The van der Waals surface area contributed by atoms with Gasteiger partial charge >= 0.3 is 24.0 Å². The Morgan fingerprint density at radius 3 is 2.11 bits per heavy atom. The minimum Gasteiger partial charge on any atom is -0.495 e. The number of nitrogens with one attached hydrogen (secondary N) is 2. The lowest BCUT2D eigenvalue weighted by molar-refractivity contribution is -0.207. The first-order chi connectivity index (χ1) is 12.8. The van der Waals surface area contributed by atoms with Crippen molar-refractivity contribution < 1.29 is 45.4 Å². The number of esters is 1. The molecule has 2 N–H and O–H groups in total. The van der Waals surface area contributed by atoms with Gasteiger partial charge in [-0.3, -0.25) is 4.79 Å². The highest BCUT2D eigenvalue weighted by Gasteiger charge is 2.63. The van der Waals surface area contributed by atoms with E-state index in [0.717, 1.165) is 13.2 Å². The third kappa shape index (κ3) is 4.98. The molecule has 0 aromatic heterocycles. The first kappa shape index (κ1) is 23.4. The van der Waals surface area contributed by atoms with Crippen molar-refractivity contribution in [1.82, 2.24) is 5.32 Å². The maximum atomic E-state index is 13.9. The van der Waals surface area contributed by atoms with Gasteiger partial charge in [-0.1, -0.05) is 6.92 Å². The number of ether oxygens (including phenoxy) is 2. The summed E-state index contributed by atoms with van der Waals surface area (Å²) in [6.07, 6.45) is -10.8. The summed E-state index contributed by atoms with van der Waals surface area (Å²) in [7, 11) is 1.01. The first-order valence-electron chi connectivity index (χ1n) is 7.90. The second kappa shape index (κ2) is 8.57. The van der Waals surface area contributed by atoms with Crippen molar-refractivity contribution in [3.05, 3.63) is 23.8 Å². The molecule has 0 aliphatic carbocycles. The van der Waals surface area contributed by atoms with Gasteiger partial charge in [-0.25, -0.2) is 4.79 Å². The second-order valence-corrected chi connectivity index (χ2v) is 5.41. The van der Waals surface area contributed by atoms with Gasteiger partial charge in [-0.05, 0) is 25.1 Å². The molecule has 1 aromatic carbocycles. The molecule has 1 rings (SSSR count). The SMILES string of the molecule is CCOC(=O)[C@@](NC(=O)CC)(Nc1cc(C(F)(F)F)ccc1OC)C(F)(F)F. The van der Waals surface area contributed by atoms with Gasteiger partial charge in [0.15, 0.2) is 0 Å². The summed E-state index contributed by atoms with van der Waals surface area (Å²) in [5, 5.41) is 3.13. The van der Waals surface area contributed by atoms with Crippen LogP contribution < -0.4 is 15.4 Å². The number of hydrogen-bond acceptors (Lipinski definition) is 5. The highest BCUT2D eigenvalue weighted by atomic mass is 19.4. The molecule has 0 fully saturated rings. The Hall–Kier alpha value is -2.66. The van der Waals surface area contributed by atoms with E-state index < -0.39 is 59.9 Å². The number of methoxy groups -OCH3 is 1. The Bertz CT molecular complexity index is 720. The number of anilines is 1. The molecule has 6 nitrogen and oxygen atoms in total. The Balaban J connectivity index is 3.63. The molecule has 0 spiro atoms. The predicted molar refractivity (Wildman–Crippen MR) is 85.5 cm³/mol. The molecule has 0 saturated heterocycles. The molecular weight excluding hydrogens is 398 g/mol. The van der Waals surface area contributed by atoms with Crippen molar-refractivity contribution in [2.24, 2.45) is 0 Å². The number of halogens is 6. The first-order valence-corrected chi connectivity index (χ1v) is 7.90. The summed E-state index contributed by atoms with van der Waals surface area (Å²) >= 11 is 0. The van der Waals surface area contributed by atoms with E-state index in [1.807, 2.05) is 0 Å². The van der Waals surface area contributed by atoms with Gasteiger partial charge in [0, 0.05) is 6.42 Å². The average molecular weight is 416 g/mol. The fourth-order valence-electron chi connectivity index (χ4n) is 2.11. The van der Waals surface area contributed by atoms with Crippen molar-refractivity contribution in [1.29, 1.82) is 0 Å². The van der Waals surface area contributed by atoms with Crippen LogP contribution in [0.15, 0.2) is 18.2 Å². The molecule has 1 aromatic rings. The van der Waals surface area contributed by atoms with Crippen molar-refractivity contribution in [2.45, 2.75) is 38.3 Å². The Morgan fingerprint density at radius 1 is 1.07 bits per heavy atom. The predicted octanol–water partition coefficient (Wildman–Crippen LogP) is 3.47. The molecule has 0 radical (unpaired) electrons. The highest BCUT2D eigenvalue weighted by molar-refractivity contribution is 5.91. The van der Waals surface area contributed by atoms with Gasteiger partial charge in [-0.15, -0.1) is 0 Å². The molecule has 12 heteroatoms. The molecule has 0 aliphatic heterocycles. The van der Waals surface area contributed by atoms with Gasteiger partial charge in [0.25, 0.3) is 0 Å². The van der Waals surface area contributed by atoms with Gasteiger partial charge in [0.2, 0.25) is 5.91 Å². The zero-order valence-electron chi connectivity index (χ0n) is 15.0. The smallest absolute Gasteiger partial charge is 0.441 e. The normalized spacial score (nSPS) is 14.0. The fourth-order valence-corrected chi connectivity index (χ4v) is 2.11. The summed E-state index contributed by atoms with van der Waals surface area (Å²) in [5.41, 5.74) is -5.94. The summed E-state index contributed by atoms with van der Waals surface area (Å²) in [4.78, 5) is 23.9. The van der Waals surface area contributed by atoms with E-state index in [0.29, 0.717) is 12.1 Å². The van der Waals surface area contributed by atoms with Crippen LogP contribution in [0.3, 0.4) is 0 Å². The van der Waals surface area contributed by atoms with E-state index in [1.54, 1.807) is 5.32 Å². The molecule has 1 amide bonds. The van der Waals surface area contributed by atoms with E-state index in [1.165, 1.54) is 19.2 Å². The van der Waals surface area contributed by atoms with Crippen LogP contribution in [0.5, 0.6) is 5.75 Å². The van der Waals surface area contributed by atoms with Crippen LogP contribution in [-0.4, -0.2) is 37.4 Å². The number of hydrogen-bond donors (Lipinski definition) is 2.